The summed E-state index contributed by atoms with van der Waals surface area (Å²) < 4.78 is 26.6. The molecule has 0 saturated carbocycles. The van der Waals surface area contributed by atoms with Crippen molar-refractivity contribution in [2.24, 2.45) is 0 Å². The SMILES string of the molecule is CNCc1cc(S(=O)(=O)Nc2cccnc2)cs1. The van der Waals surface area contributed by atoms with Crippen molar-refractivity contribution in [3.63, 3.8) is 0 Å². The van der Waals surface area contributed by atoms with Gasteiger partial charge in [-0.2, -0.15) is 0 Å². The molecular formula is C11H13N3O2S2. The molecule has 0 fully saturated rings. The molecule has 0 amide bonds. The maximum Gasteiger partial charge on any atom is 0.262 e. The molecule has 96 valence electrons. The van der Waals surface area contributed by atoms with E-state index in [4.69, 9.17) is 0 Å². The van der Waals surface area contributed by atoms with Gasteiger partial charge in [0.25, 0.3) is 10.0 Å². The van der Waals surface area contributed by atoms with Gasteiger partial charge >= 0.3 is 0 Å². The standard InChI is InChI=1S/C11H13N3O2S2/c1-12-7-10-5-11(8-17-10)18(15,16)14-9-3-2-4-13-6-9/h2-6,8,12,14H,7H2,1H3. The zero-order valence-corrected chi connectivity index (χ0v) is 11.4. The Morgan fingerprint density at radius 1 is 1.44 bits per heavy atom. The molecule has 5 nitrogen and oxygen atoms in total. The number of thiophene rings is 1. The molecule has 0 atom stereocenters. The molecule has 0 spiro atoms. The van der Waals surface area contributed by atoms with E-state index in [1.54, 1.807) is 29.8 Å². The molecule has 18 heavy (non-hydrogen) atoms. The van der Waals surface area contributed by atoms with E-state index in [0.717, 1.165) is 4.88 Å². The van der Waals surface area contributed by atoms with Gasteiger partial charge < -0.3 is 5.32 Å². The number of sulfonamides is 1. The fourth-order valence-electron chi connectivity index (χ4n) is 1.41. The highest BCUT2D eigenvalue weighted by molar-refractivity contribution is 7.92. The van der Waals surface area contributed by atoms with E-state index in [-0.39, 0.29) is 4.90 Å². The largest absolute Gasteiger partial charge is 0.315 e. The lowest BCUT2D eigenvalue weighted by Crippen LogP contribution is -2.12. The first-order valence-corrected chi connectivity index (χ1v) is 7.63. The Morgan fingerprint density at radius 2 is 2.28 bits per heavy atom. The summed E-state index contributed by atoms with van der Waals surface area (Å²) in [5.74, 6) is 0. The second-order valence-corrected chi connectivity index (χ2v) is 6.30. The topological polar surface area (TPSA) is 71.1 Å². The molecular weight excluding hydrogens is 270 g/mol. The molecule has 2 aromatic rings. The van der Waals surface area contributed by atoms with E-state index in [1.165, 1.54) is 17.5 Å². The van der Waals surface area contributed by atoms with Crippen LogP contribution in [-0.4, -0.2) is 20.4 Å². The highest BCUT2D eigenvalue weighted by Gasteiger charge is 2.16. The van der Waals surface area contributed by atoms with Gasteiger partial charge in [0.15, 0.2) is 0 Å². The zero-order chi connectivity index (χ0) is 13.0. The summed E-state index contributed by atoms with van der Waals surface area (Å²) in [4.78, 5) is 5.12. The molecule has 0 aliphatic carbocycles. The summed E-state index contributed by atoms with van der Waals surface area (Å²) in [6.07, 6.45) is 3.06. The first-order chi connectivity index (χ1) is 8.62. The Balaban J connectivity index is 2.20. The highest BCUT2D eigenvalue weighted by atomic mass is 32.2. The zero-order valence-electron chi connectivity index (χ0n) is 9.75. The summed E-state index contributed by atoms with van der Waals surface area (Å²) in [7, 11) is -1.70. The van der Waals surface area contributed by atoms with E-state index in [2.05, 4.69) is 15.0 Å². The van der Waals surface area contributed by atoms with Gasteiger partial charge in [-0.25, -0.2) is 8.42 Å². The van der Waals surface area contributed by atoms with Crippen LogP contribution >= 0.6 is 11.3 Å². The van der Waals surface area contributed by atoms with Gasteiger partial charge in [-0.1, -0.05) is 0 Å². The van der Waals surface area contributed by atoms with E-state index in [9.17, 15) is 8.42 Å². The molecule has 2 N–H and O–H groups in total. The van der Waals surface area contributed by atoms with Crippen LogP contribution in [0.15, 0.2) is 40.9 Å². The van der Waals surface area contributed by atoms with E-state index < -0.39 is 10.0 Å². The summed E-state index contributed by atoms with van der Waals surface area (Å²) in [6, 6.07) is 5.00. The highest BCUT2D eigenvalue weighted by Crippen LogP contribution is 2.21. The van der Waals surface area contributed by atoms with Gasteiger partial charge in [-0.3, -0.25) is 9.71 Å². The number of rotatable bonds is 5. The number of anilines is 1. The fourth-order valence-corrected chi connectivity index (χ4v) is 3.74. The number of nitrogens with one attached hydrogen (secondary N) is 2. The van der Waals surface area contributed by atoms with Crippen molar-refractivity contribution in [3.05, 3.63) is 40.8 Å². The third kappa shape index (κ3) is 3.06. The maximum absolute atomic E-state index is 12.1. The Morgan fingerprint density at radius 3 is 2.94 bits per heavy atom. The molecule has 2 aromatic heterocycles. The second kappa shape index (κ2) is 5.47. The first kappa shape index (κ1) is 13.0. The van der Waals surface area contributed by atoms with Crippen molar-refractivity contribution < 1.29 is 8.42 Å². The lowest BCUT2D eigenvalue weighted by molar-refractivity contribution is 0.601. The smallest absolute Gasteiger partial charge is 0.262 e. The van der Waals surface area contributed by atoms with Gasteiger partial charge in [0, 0.05) is 23.0 Å². The van der Waals surface area contributed by atoms with Crippen LogP contribution in [0.2, 0.25) is 0 Å². The predicted octanol–water partition coefficient (Wildman–Crippen LogP) is 1.66. The third-order valence-electron chi connectivity index (χ3n) is 2.20. The van der Waals surface area contributed by atoms with Crippen LogP contribution in [0.4, 0.5) is 5.69 Å². The molecule has 0 unspecified atom stereocenters. The van der Waals surface area contributed by atoms with Gasteiger partial charge in [-0.05, 0) is 25.2 Å². The number of pyridine rings is 1. The van der Waals surface area contributed by atoms with Crippen LogP contribution in [0.1, 0.15) is 4.88 Å². The molecule has 0 radical (unpaired) electrons. The molecule has 0 aliphatic rings. The summed E-state index contributed by atoms with van der Waals surface area (Å²) in [6.45, 7) is 0.660. The van der Waals surface area contributed by atoms with Crippen LogP contribution in [0.5, 0.6) is 0 Å². The quantitative estimate of drug-likeness (QED) is 0.875. The van der Waals surface area contributed by atoms with Gasteiger partial charge in [0.2, 0.25) is 0 Å². The summed E-state index contributed by atoms with van der Waals surface area (Å²) >= 11 is 1.41. The number of aromatic nitrogens is 1. The minimum Gasteiger partial charge on any atom is -0.315 e. The average Bonchev–Trinajstić information content (AvgIpc) is 2.80. The molecule has 2 rings (SSSR count). The van der Waals surface area contributed by atoms with Crippen LogP contribution in [0.25, 0.3) is 0 Å². The lowest BCUT2D eigenvalue weighted by atomic mass is 10.4. The molecule has 7 heteroatoms. The van der Waals surface area contributed by atoms with E-state index >= 15 is 0 Å². The van der Waals surface area contributed by atoms with Crippen molar-refractivity contribution in [1.29, 1.82) is 0 Å². The Bertz CT molecular complexity index is 608. The number of hydrogen-bond donors (Lipinski definition) is 2. The molecule has 2 heterocycles. The molecule has 0 saturated heterocycles. The molecule has 0 aliphatic heterocycles. The van der Waals surface area contributed by atoms with Gasteiger partial charge in [-0.15, -0.1) is 11.3 Å². The van der Waals surface area contributed by atoms with E-state index in [1.807, 2.05) is 7.05 Å². The minimum absolute atomic E-state index is 0.279. The number of nitrogens with zero attached hydrogens (tertiary/aromatic N) is 1. The van der Waals surface area contributed by atoms with Crippen molar-refractivity contribution in [1.82, 2.24) is 10.3 Å². The van der Waals surface area contributed by atoms with E-state index in [0.29, 0.717) is 12.2 Å². The second-order valence-electron chi connectivity index (χ2n) is 3.63. The fraction of sp³-hybridized carbons (Fsp3) is 0.182. The average molecular weight is 283 g/mol. The van der Waals surface area contributed by atoms with Gasteiger partial charge in [0.05, 0.1) is 16.8 Å². The van der Waals surface area contributed by atoms with Crippen molar-refractivity contribution in [3.8, 4) is 0 Å². The molecule has 0 bridgehead atoms. The van der Waals surface area contributed by atoms with Gasteiger partial charge in [0.1, 0.15) is 0 Å². The number of hydrogen-bond acceptors (Lipinski definition) is 5. The Hall–Kier alpha value is -1.44. The van der Waals surface area contributed by atoms with Crippen LogP contribution in [-0.2, 0) is 16.6 Å². The summed E-state index contributed by atoms with van der Waals surface area (Å²) in [5.41, 5.74) is 0.457. The Labute approximate surface area is 110 Å². The Kier molecular flexibility index (Phi) is 3.95. The first-order valence-electron chi connectivity index (χ1n) is 5.26. The third-order valence-corrected chi connectivity index (χ3v) is 4.65. The summed E-state index contributed by atoms with van der Waals surface area (Å²) in [5, 5.41) is 4.61. The van der Waals surface area contributed by atoms with Crippen LogP contribution in [0, 0.1) is 0 Å². The lowest BCUT2D eigenvalue weighted by Gasteiger charge is -2.05. The van der Waals surface area contributed by atoms with Crippen LogP contribution < -0.4 is 10.0 Å². The predicted molar refractivity (Wildman–Crippen MR) is 72.1 cm³/mol. The van der Waals surface area contributed by atoms with Crippen LogP contribution in [0.3, 0.4) is 0 Å². The van der Waals surface area contributed by atoms with Crippen molar-refractivity contribution in [2.45, 2.75) is 11.4 Å². The minimum atomic E-state index is -3.52. The maximum atomic E-state index is 12.1. The van der Waals surface area contributed by atoms with Crippen molar-refractivity contribution >= 4 is 27.0 Å². The monoisotopic (exact) mass is 283 g/mol. The normalized spacial score (nSPS) is 11.4. The molecule has 0 aromatic carbocycles. The van der Waals surface area contributed by atoms with Crippen molar-refractivity contribution in [2.75, 3.05) is 11.8 Å².